The van der Waals surface area contributed by atoms with Crippen LogP contribution in [0.2, 0.25) is 0 Å². The van der Waals surface area contributed by atoms with Crippen LogP contribution in [0, 0.1) is 11.3 Å². The van der Waals surface area contributed by atoms with Crippen LogP contribution >= 0.6 is 0 Å². The van der Waals surface area contributed by atoms with Gasteiger partial charge in [0.05, 0.1) is 16.6 Å². The number of aromatic carboxylic acids is 1. The maximum atomic E-state index is 12.5. The fourth-order valence-electron chi connectivity index (χ4n) is 5.54. The molecule has 0 amide bonds. The highest BCUT2D eigenvalue weighted by Crippen LogP contribution is 2.46. The monoisotopic (exact) mass is 474 g/mol. The Labute approximate surface area is 196 Å². The second kappa shape index (κ2) is 8.64. The summed E-state index contributed by atoms with van der Waals surface area (Å²) in [7, 11) is 0. The number of aromatic nitrogens is 2. The van der Waals surface area contributed by atoms with E-state index < -0.39 is 12.3 Å². The third kappa shape index (κ3) is 5.05. The molecule has 0 bridgehead atoms. The second-order valence-electron chi connectivity index (χ2n) is 10.3. The molecule has 0 radical (unpaired) electrons. The highest BCUT2D eigenvalue weighted by molar-refractivity contribution is 5.92. The Bertz CT molecular complexity index is 1200. The minimum atomic E-state index is -4.74. The van der Waals surface area contributed by atoms with Crippen LogP contribution in [0.5, 0.6) is 5.75 Å². The maximum Gasteiger partial charge on any atom is 0.573 e. The SMILES string of the molecule is CC1CC(n2c(C(C)c3ccc(OC(F)(F)F)cc3)nc3cc(C(=O)O)ccc32)CC(C)(C)C1. The van der Waals surface area contributed by atoms with Crippen LogP contribution in [0.25, 0.3) is 11.0 Å². The minimum absolute atomic E-state index is 0.150. The van der Waals surface area contributed by atoms with Crippen molar-refractivity contribution in [2.45, 2.75) is 65.3 Å². The number of halogens is 3. The first kappa shape index (κ1) is 24.1. The molecule has 1 heterocycles. The van der Waals surface area contributed by atoms with Crippen molar-refractivity contribution >= 4 is 17.0 Å². The molecule has 0 spiro atoms. The van der Waals surface area contributed by atoms with E-state index in [1.165, 1.54) is 12.1 Å². The van der Waals surface area contributed by atoms with Gasteiger partial charge in [0.2, 0.25) is 0 Å². The van der Waals surface area contributed by atoms with E-state index in [2.05, 4.69) is 30.1 Å². The number of fused-ring (bicyclic) bond motifs is 1. The first-order valence-electron chi connectivity index (χ1n) is 11.4. The van der Waals surface area contributed by atoms with Gasteiger partial charge in [-0.15, -0.1) is 13.2 Å². The van der Waals surface area contributed by atoms with Crippen molar-refractivity contribution in [1.82, 2.24) is 9.55 Å². The van der Waals surface area contributed by atoms with Crippen molar-refractivity contribution in [3.05, 3.63) is 59.4 Å². The summed E-state index contributed by atoms with van der Waals surface area (Å²) in [6.07, 6.45) is -1.67. The van der Waals surface area contributed by atoms with Gasteiger partial charge >= 0.3 is 12.3 Å². The molecule has 3 atom stereocenters. The number of ether oxygens (including phenoxy) is 1. The Kier molecular flexibility index (Phi) is 6.12. The van der Waals surface area contributed by atoms with E-state index in [1.807, 2.05) is 13.0 Å². The number of carboxylic acids is 1. The lowest BCUT2D eigenvalue weighted by Crippen LogP contribution is -2.30. The molecule has 1 aliphatic carbocycles. The van der Waals surface area contributed by atoms with Crippen molar-refractivity contribution in [3.63, 3.8) is 0 Å². The van der Waals surface area contributed by atoms with Crippen LogP contribution in [0.3, 0.4) is 0 Å². The molecule has 1 saturated carbocycles. The van der Waals surface area contributed by atoms with Crippen molar-refractivity contribution in [3.8, 4) is 5.75 Å². The number of carboxylic acid groups (broad SMARTS) is 1. The minimum Gasteiger partial charge on any atom is -0.478 e. The summed E-state index contributed by atoms with van der Waals surface area (Å²) in [4.78, 5) is 16.4. The van der Waals surface area contributed by atoms with Crippen LogP contribution in [-0.4, -0.2) is 27.0 Å². The molecule has 3 aromatic rings. The summed E-state index contributed by atoms with van der Waals surface area (Å²) in [6.45, 7) is 8.74. The smallest absolute Gasteiger partial charge is 0.478 e. The topological polar surface area (TPSA) is 64.4 Å². The van der Waals surface area contributed by atoms with E-state index in [9.17, 15) is 23.1 Å². The predicted octanol–water partition coefficient (Wildman–Crippen LogP) is 7.17. The fraction of sp³-hybridized carbons (Fsp3) is 0.462. The number of imidazole rings is 1. The number of nitrogens with zero attached hydrogens (tertiary/aromatic N) is 2. The van der Waals surface area contributed by atoms with Gasteiger partial charge in [0.25, 0.3) is 0 Å². The van der Waals surface area contributed by atoms with Gasteiger partial charge in [-0.25, -0.2) is 9.78 Å². The fourth-order valence-corrected chi connectivity index (χ4v) is 5.54. The maximum absolute atomic E-state index is 12.5. The van der Waals surface area contributed by atoms with Crippen molar-refractivity contribution in [2.24, 2.45) is 11.3 Å². The lowest BCUT2D eigenvalue weighted by atomic mass is 9.70. The van der Waals surface area contributed by atoms with Crippen molar-refractivity contribution in [1.29, 1.82) is 0 Å². The largest absolute Gasteiger partial charge is 0.573 e. The first-order valence-corrected chi connectivity index (χ1v) is 11.4. The highest BCUT2D eigenvalue weighted by Gasteiger charge is 2.35. The average molecular weight is 475 g/mol. The molecule has 5 nitrogen and oxygen atoms in total. The first-order chi connectivity index (χ1) is 15.8. The Morgan fingerprint density at radius 2 is 1.85 bits per heavy atom. The van der Waals surface area contributed by atoms with Crippen LogP contribution < -0.4 is 4.74 Å². The standard InChI is InChI=1S/C26H29F3N2O3/c1-15-11-19(14-25(3,4)13-15)31-22-10-7-18(24(32)33)12-21(22)30-23(31)16(2)17-5-8-20(9-6-17)34-26(27,28)29/h5-10,12,15-16,19H,11,13-14H2,1-4H3,(H,32,33). The van der Waals surface area contributed by atoms with Crippen LogP contribution in [-0.2, 0) is 0 Å². The summed E-state index contributed by atoms with van der Waals surface area (Å²) >= 11 is 0. The molecule has 1 aliphatic rings. The quantitative estimate of drug-likeness (QED) is 0.426. The Hall–Kier alpha value is -3.03. The molecule has 34 heavy (non-hydrogen) atoms. The van der Waals surface area contributed by atoms with Crippen LogP contribution in [0.1, 0.15) is 80.7 Å². The number of carbonyl (C=O) groups is 1. The highest BCUT2D eigenvalue weighted by atomic mass is 19.4. The lowest BCUT2D eigenvalue weighted by Gasteiger charge is -2.40. The van der Waals surface area contributed by atoms with E-state index in [-0.39, 0.29) is 28.7 Å². The summed E-state index contributed by atoms with van der Waals surface area (Å²) in [6, 6.07) is 11.0. The number of alkyl halides is 3. The Morgan fingerprint density at radius 3 is 2.44 bits per heavy atom. The second-order valence-corrected chi connectivity index (χ2v) is 10.3. The van der Waals surface area contributed by atoms with Crippen LogP contribution in [0.15, 0.2) is 42.5 Å². The van der Waals surface area contributed by atoms with E-state index in [0.717, 1.165) is 36.2 Å². The number of rotatable bonds is 5. The normalized spacial score (nSPS) is 21.4. The van der Waals surface area contributed by atoms with Gasteiger partial charge < -0.3 is 14.4 Å². The molecule has 3 unspecified atom stereocenters. The number of benzene rings is 2. The van der Waals surface area contributed by atoms with Gasteiger partial charge in [-0.1, -0.05) is 39.8 Å². The molecular weight excluding hydrogens is 445 g/mol. The van der Waals surface area contributed by atoms with Gasteiger partial charge in [0.1, 0.15) is 11.6 Å². The zero-order chi connectivity index (χ0) is 24.8. The molecule has 0 saturated heterocycles. The third-order valence-corrected chi connectivity index (χ3v) is 6.69. The third-order valence-electron chi connectivity index (χ3n) is 6.69. The van der Waals surface area contributed by atoms with E-state index >= 15 is 0 Å². The van der Waals surface area contributed by atoms with Gasteiger partial charge in [0.15, 0.2) is 0 Å². The van der Waals surface area contributed by atoms with Gasteiger partial charge in [-0.3, -0.25) is 0 Å². The van der Waals surface area contributed by atoms with Crippen LogP contribution in [0.4, 0.5) is 13.2 Å². The number of hydrogen-bond donors (Lipinski definition) is 1. The van der Waals surface area contributed by atoms with Crippen molar-refractivity contribution < 1.29 is 27.8 Å². The summed E-state index contributed by atoms with van der Waals surface area (Å²) in [5, 5.41) is 9.44. The molecule has 8 heteroatoms. The molecule has 1 fully saturated rings. The molecule has 1 aromatic heterocycles. The van der Waals surface area contributed by atoms with Gasteiger partial charge in [0, 0.05) is 12.0 Å². The van der Waals surface area contributed by atoms with Crippen molar-refractivity contribution in [2.75, 3.05) is 0 Å². The molecule has 1 N–H and O–H groups in total. The molecule has 2 aromatic carbocycles. The zero-order valence-electron chi connectivity index (χ0n) is 19.7. The molecular formula is C26H29F3N2O3. The Morgan fingerprint density at radius 1 is 1.18 bits per heavy atom. The zero-order valence-corrected chi connectivity index (χ0v) is 19.7. The van der Waals surface area contributed by atoms with E-state index in [1.54, 1.807) is 24.3 Å². The van der Waals surface area contributed by atoms with E-state index in [4.69, 9.17) is 4.98 Å². The van der Waals surface area contributed by atoms with E-state index in [0.29, 0.717) is 11.4 Å². The summed E-state index contributed by atoms with van der Waals surface area (Å²) < 4.78 is 43.9. The predicted molar refractivity (Wildman–Crippen MR) is 123 cm³/mol. The molecule has 0 aliphatic heterocycles. The average Bonchev–Trinajstić information content (AvgIpc) is 3.10. The van der Waals surface area contributed by atoms with Gasteiger partial charge in [-0.2, -0.15) is 0 Å². The number of hydrogen-bond acceptors (Lipinski definition) is 3. The summed E-state index contributed by atoms with van der Waals surface area (Å²) in [5.74, 6) is -0.214. The molecule has 4 rings (SSSR count). The molecule has 182 valence electrons. The summed E-state index contributed by atoms with van der Waals surface area (Å²) in [5.41, 5.74) is 2.60. The Balaban J connectivity index is 1.79. The lowest BCUT2D eigenvalue weighted by molar-refractivity contribution is -0.274. The van der Waals surface area contributed by atoms with Gasteiger partial charge in [-0.05, 0) is 66.5 Å².